The third-order valence-corrected chi connectivity index (χ3v) is 4.30. The SMILES string of the molecule is O=C1CCC(c2noc3ccc4cc(C(=O)O)ccc4c23)C(=O)N1. The average Bonchev–Trinajstić information content (AvgIpc) is 2.98. The number of rotatable bonds is 2. The van der Waals surface area contributed by atoms with Crippen molar-refractivity contribution in [3.63, 3.8) is 0 Å². The predicted octanol–water partition coefficient (Wildman–Crippen LogP) is 2.20. The summed E-state index contributed by atoms with van der Waals surface area (Å²) in [6.07, 6.45) is 0.620. The molecule has 2 amide bonds. The van der Waals surface area contributed by atoms with Gasteiger partial charge in [-0.05, 0) is 35.4 Å². The van der Waals surface area contributed by atoms with Crippen LogP contribution in [0.4, 0.5) is 0 Å². The van der Waals surface area contributed by atoms with Gasteiger partial charge in [-0.15, -0.1) is 0 Å². The summed E-state index contributed by atoms with van der Waals surface area (Å²) in [7, 11) is 0. The molecule has 1 aliphatic heterocycles. The zero-order chi connectivity index (χ0) is 16.8. The van der Waals surface area contributed by atoms with Crippen molar-refractivity contribution in [3.8, 4) is 0 Å². The molecular formula is C17H12N2O5. The Bertz CT molecular complexity index is 1020. The second kappa shape index (κ2) is 5.16. The smallest absolute Gasteiger partial charge is 0.335 e. The molecule has 3 aromatic rings. The molecule has 1 atom stereocenters. The van der Waals surface area contributed by atoms with Crippen LogP contribution < -0.4 is 5.32 Å². The fourth-order valence-corrected chi connectivity index (χ4v) is 3.12. The van der Waals surface area contributed by atoms with E-state index in [1.54, 1.807) is 24.3 Å². The molecule has 1 aromatic heterocycles. The standard InChI is InChI=1S/C17H12N2O5/c20-13-6-4-11(16(21)18-13)15-14-10-3-1-9(17(22)23)7-8(10)2-5-12(14)24-19-15/h1-3,5,7,11H,4,6H2,(H,22,23)(H,18,20,21). The Morgan fingerprint density at radius 1 is 1.25 bits per heavy atom. The van der Waals surface area contributed by atoms with E-state index in [1.807, 2.05) is 0 Å². The average molecular weight is 324 g/mol. The summed E-state index contributed by atoms with van der Waals surface area (Å²) in [5.41, 5.74) is 1.18. The Hall–Kier alpha value is -3.22. The van der Waals surface area contributed by atoms with E-state index < -0.39 is 11.9 Å². The number of nitrogens with one attached hydrogen (secondary N) is 1. The number of imide groups is 1. The molecule has 0 spiro atoms. The Morgan fingerprint density at radius 2 is 2.08 bits per heavy atom. The number of hydrogen-bond donors (Lipinski definition) is 2. The Kier molecular flexibility index (Phi) is 3.09. The lowest BCUT2D eigenvalue weighted by Gasteiger charge is -2.19. The van der Waals surface area contributed by atoms with Crippen molar-refractivity contribution in [2.24, 2.45) is 0 Å². The second-order valence-electron chi connectivity index (χ2n) is 5.75. The van der Waals surface area contributed by atoms with Gasteiger partial charge in [0.25, 0.3) is 0 Å². The number of aromatic nitrogens is 1. The lowest BCUT2D eigenvalue weighted by molar-refractivity contribution is -0.134. The molecule has 0 aliphatic carbocycles. The first kappa shape index (κ1) is 14.4. The molecular weight excluding hydrogens is 312 g/mol. The molecule has 120 valence electrons. The number of piperidine rings is 1. The molecule has 2 aromatic carbocycles. The molecule has 1 aliphatic rings. The summed E-state index contributed by atoms with van der Waals surface area (Å²) in [6, 6.07) is 8.21. The van der Waals surface area contributed by atoms with Crippen LogP contribution in [-0.2, 0) is 9.59 Å². The number of amides is 2. The third kappa shape index (κ3) is 2.13. The maximum absolute atomic E-state index is 12.1. The Morgan fingerprint density at radius 3 is 2.83 bits per heavy atom. The number of carboxylic acid groups (broad SMARTS) is 1. The first-order valence-corrected chi connectivity index (χ1v) is 7.43. The van der Waals surface area contributed by atoms with Gasteiger partial charge in [-0.1, -0.05) is 17.3 Å². The fourth-order valence-electron chi connectivity index (χ4n) is 3.12. The van der Waals surface area contributed by atoms with Crippen molar-refractivity contribution in [1.82, 2.24) is 10.5 Å². The van der Waals surface area contributed by atoms with Crippen LogP contribution in [0.15, 0.2) is 34.9 Å². The van der Waals surface area contributed by atoms with Crippen molar-refractivity contribution in [2.75, 3.05) is 0 Å². The van der Waals surface area contributed by atoms with Crippen LogP contribution in [0.25, 0.3) is 21.7 Å². The van der Waals surface area contributed by atoms with Crippen LogP contribution in [-0.4, -0.2) is 28.0 Å². The topological polar surface area (TPSA) is 110 Å². The van der Waals surface area contributed by atoms with E-state index in [4.69, 9.17) is 9.63 Å². The predicted molar refractivity (Wildman–Crippen MR) is 83.6 cm³/mol. The minimum atomic E-state index is -1.01. The van der Waals surface area contributed by atoms with E-state index in [2.05, 4.69) is 10.5 Å². The molecule has 0 bridgehead atoms. The maximum Gasteiger partial charge on any atom is 0.335 e. The van der Waals surface area contributed by atoms with Crippen molar-refractivity contribution in [1.29, 1.82) is 0 Å². The second-order valence-corrected chi connectivity index (χ2v) is 5.75. The largest absolute Gasteiger partial charge is 0.478 e. The lowest BCUT2D eigenvalue weighted by atomic mass is 9.91. The molecule has 0 saturated carbocycles. The van der Waals surface area contributed by atoms with E-state index >= 15 is 0 Å². The zero-order valence-corrected chi connectivity index (χ0v) is 12.4. The highest BCUT2D eigenvalue weighted by atomic mass is 16.5. The molecule has 7 heteroatoms. The highest BCUT2D eigenvalue weighted by Gasteiger charge is 2.32. The minimum absolute atomic E-state index is 0.181. The van der Waals surface area contributed by atoms with Crippen molar-refractivity contribution < 1.29 is 24.0 Å². The van der Waals surface area contributed by atoms with Gasteiger partial charge < -0.3 is 9.63 Å². The molecule has 0 radical (unpaired) electrons. The summed E-state index contributed by atoms with van der Waals surface area (Å²) in [5, 5.41) is 17.6. The molecule has 1 unspecified atom stereocenters. The number of fused-ring (bicyclic) bond motifs is 3. The molecule has 4 rings (SSSR count). The van der Waals surface area contributed by atoms with Crippen molar-refractivity contribution in [2.45, 2.75) is 18.8 Å². The Balaban J connectivity index is 1.92. The molecule has 24 heavy (non-hydrogen) atoms. The van der Waals surface area contributed by atoms with Crippen LogP contribution in [0.3, 0.4) is 0 Å². The van der Waals surface area contributed by atoms with E-state index in [-0.39, 0.29) is 23.8 Å². The first-order valence-electron chi connectivity index (χ1n) is 7.43. The van der Waals surface area contributed by atoms with Crippen LogP contribution in [0, 0.1) is 0 Å². The summed E-state index contributed by atoms with van der Waals surface area (Å²) in [4.78, 5) is 34.6. The number of benzene rings is 2. The van der Waals surface area contributed by atoms with E-state index in [0.717, 1.165) is 10.8 Å². The normalized spacial score (nSPS) is 18.1. The van der Waals surface area contributed by atoms with Gasteiger partial charge in [-0.2, -0.15) is 0 Å². The molecule has 1 saturated heterocycles. The van der Waals surface area contributed by atoms with Crippen LogP contribution >= 0.6 is 0 Å². The molecule has 7 nitrogen and oxygen atoms in total. The van der Waals surface area contributed by atoms with Gasteiger partial charge in [0, 0.05) is 6.42 Å². The summed E-state index contributed by atoms with van der Waals surface area (Å²) >= 11 is 0. The van der Waals surface area contributed by atoms with Crippen LogP contribution in [0.5, 0.6) is 0 Å². The van der Waals surface area contributed by atoms with Crippen LogP contribution in [0.1, 0.15) is 34.8 Å². The van der Waals surface area contributed by atoms with Gasteiger partial charge in [0.2, 0.25) is 11.8 Å². The molecule has 2 heterocycles. The highest BCUT2D eigenvalue weighted by Crippen LogP contribution is 2.35. The van der Waals surface area contributed by atoms with Gasteiger partial charge in [0.05, 0.1) is 16.9 Å². The summed E-state index contributed by atoms with van der Waals surface area (Å²) in [6.45, 7) is 0. The van der Waals surface area contributed by atoms with Gasteiger partial charge in [0.1, 0.15) is 5.69 Å². The van der Waals surface area contributed by atoms with Crippen molar-refractivity contribution in [3.05, 3.63) is 41.6 Å². The lowest BCUT2D eigenvalue weighted by Crippen LogP contribution is -2.39. The molecule has 1 fully saturated rings. The number of carbonyl (C=O) groups excluding carboxylic acids is 2. The highest BCUT2D eigenvalue weighted by molar-refractivity contribution is 6.11. The molecule has 2 N–H and O–H groups in total. The minimum Gasteiger partial charge on any atom is -0.478 e. The number of carbonyl (C=O) groups is 3. The van der Waals surface area contributed by atoms with E-state index in [1.165, 1.54) is 6.07 Å². The van der Waals surface area contributed by atoms with Crippen LogP contribution in [0.2, 0.25) is 0 Å². The van der Waals surface area contributed by atoms with Gasteiger partial charge >= 0.3 is 5.97 Å². The number of hydrogen-bond acceptors (Lipinski definition) is 5. The number of aromatic carboxylic acids is 1. The monoisotopic (exact) mass is 324 g/mol. The summed E-state index contributed by atoms with van der Waals surface area (Å²) < 4.78 is 5.33. The Labute approximate surface area is 135 Å². The summed E-state index contributed by atoms with van der Waals surface area (Å²) in [5.74, 6) is -2.25. The third-order valence-electron chi connectivity index (χ3n) is 4.30. The maximum atomic E-state index is 12.1. The van der Waals surface area contributed by atoms with Gasteiger partial charge in [-0.3, -0.25) is 14.9 Å². The number of nitrogens with zero attached hydrogens (tertiary/aromatic N) is 1. The zero-order valence-electron chi connectivity index (χ0n) is 12.4. The van der Waals surface area contributed by atoms with Gasteiger partial charge in [-0.25, -0.2) is 4.79 Å². The van der Waals surface area contributed by atoms with E-state index in [0.29, 0.717) is 23.1 Å². The fraction of sp³-hybridized carbons (Fsp3) is 0.176. The van der Waals surface area contributed by atoms with E-state index in [9.17, 15) is 14.4 Å². The first-order chi connectivity index (χ1) is 11.5. The number of carboxylic acids is 1. The van der Waals surface area contributed by atoms with Crippen molar-refractivity contribution >= 4 is 39.5 Å². The van der Waals surface area contributed by atoms with Gasteiger partial charge in [0.15, 0.2) is 5.58 Å². The quantitative estimate of drug-likeness (QED) is 0.699.